The molecule has 27 heavy (non-hydrogen) atoms. The Labute approximate surface area is 159 Å². The van der Waals surface area contributed by atoms with E-state index in [0.717, 1.165) is 27.6 Å². The van der Waals surface area contributed by atoms with Crippen molar-refractivity contribution < 1.29 is 13.2 Å². The van der Waals surface area contributed by atoms with Gasteiger partial charge in [-0.15, -0.1) is 0 Å². The maximum absolute atomic E-state index is 12.8. The van der Waals surface area contributed by atoms with Gasteiger partial charge in [0, 0.05) is 48.8 Å². The average molecular weight is 393 g/mol. The molecule has 8 heteroatoms. The van der Waals surface area contributed by atoms with E-state index in [-0.39, 0.29) is 0 Å². The Hall–Kier alpha value is -2.25. The molecule has 3 heterocycles. The van der Waals surface area contributed by atoms with Gasteiger partial charge in [0.05, 0.1) is 11.2 Å². The van der Waals surface area contributed by atoms with Crippen LogP contribution in [-0.4, -0.2) is 26.4 Å². The first-order valence-corrected chi connectivity index (χ1v) is 8.87. The third-order valence-electron chi connectivity index (χ3n) is 4.66. The monoisotopic (exact) mass is 392 g/mol. The lowest BCUT2D eigenvalue weighted by atomic mass is 10.1. The predicted molar refractivity (Wildman–Crippen MR) is 96.3 cm³/mol. The SMILES string of the molecule is Cc1ccc2cc(CN3CCc4nc(C(F)(F)F)ncc4C3)c(Cl)nc2c1. The Bertz CT molecular complexity index is 1020. The first-order valence-electron chi connectivity index (χ1n) is 8.50. The van der Waals surface area contributed by atoms with Crippen LogP contribution in [-0.2, 0) is 25.7 Å². The summed E-state index contributed by atoms with van der Waals surface area (Å²) in [4.78, 5) is 13.7. The molecule has 0 atom stereocenters. The van der Waals surface area contributed by atoms with Gasteiger partial charge < -0.3 is 0 Å². The molecule has 0 N–H and O–H groups in total. The molecule has 4 rings (SSSR count). The standard InChI is InChI=1S/C19H16ClF3N4/c1-11-2-3-12-7-13(17(20)25-16(12)6-11)9-27-5-4-15-14(10-27)8-24-18(26-15)19(21,22)23/h2-3,6-8H,4-5,9-10H2,1H3. The smallest absolute Gasteiger partial charge is 0.294 e. The largest absolute Gasteiger partial charge is 0.451 e. The maximum Gasteiger partial charge on any atom is 0.451 e. The normalized spacial score (nSPS) is 15.1. The summed E-state index contributed by atoms with van der Waals surface area (Å²) >= 11 is 6.36. The fourth-order valence-corrected chi connectivity index (χ4v) is 3.50. The molecule has 0 fully saturated rings. The molecule has 140 valence electrons. The molecule has 0 amide bonds. The topological polar surface area (TPSA) is 41.9 Å². The van der Waals surface area contributed by atoms with Crippen LogP contribution in [0.3, 0.4) is 0 Å². The van der Waals surface area contributed by atoms with E-state index >= 15 is 0 Å². The van der Waals surface area contributed by atoms with Crippen molar-refractivity contribution in [3.63, 3.8) is 0 Å². The zero-order valence-electron chi connectivity index (χ0n) is 14.5. The third-order valence-corrected chi connectivity index (χ3v) is 4.99. The van der Waals surface area contributed by atoms with Crippen molar-refractivity contribution in [2.45, 2.75) is 32.6 Å². The van der Waals surface area contributed by atoms with E-state index < -0.39 is 12.0 Å². The number of pyridine rings is 1. The van der Waals surface area contributed by atoms with E-state index in [9.17, 15) is 13.2 Å². The molecule has 1 aliphatic heterocycles. The van der Waals surface area contributed by atoms with Gasteiger partial charge in [-0.3, -0.25) is 4.90 Å². The quantitative estimate of drug-likeness (QED) is 0.599. The fourth-order valence-electron chi connectivity index (χ4n) is 3.30. The molecule has 0 spiro atoms. The molecule has 0 aliphatic carbocycles. The average Bonchev–Trinajstić information content (AvgIpc) is 2.61. The fraction of sp³-hybridized carbons (Fsp3) is 0.316. The zero-order chi connectivity index (χ0) is 19.2. The second-order valence-electron chi connectivity index (χ2n) is 6.76. The second kappa shape index (κ2) is 6.73. The first kappa shape index (κ1) is 18.1. The van der Waals surface area contributed by atoms with Crippen molar-refractivity contribution in [3.8, 4) is 0 Å². The Balaban J connectivity index is 1.56. The summed E-state index contributed by atoms with van der Waals surface area (Å²) in [6, 6.07) is 8.03. The number of rotatable bonds is 2. The second-order valence-corrected chi connectivity index (χ2v) is 7.12. The van der Waals surface area contributed by atoms with Gasteiger partial charge in [-0.1, -0.05) is 23.7 Å². The van der Waals surface area contributed by atoms with Gasteiger partial charge in [-0.05, 0) is 24.6 Å². The molecule has 2 aromatic heterocycles. The summed E-state index contributed by atoms with van der Waals surface area (Å²) in [7, 11) is 0. The van der Waals surface area contributed by atoms with Crippen LogP contribution < -0.4 is 0 Å². The summed E-state index contributed by atoms with van der Waals surface area (Å²) in [6.07, 6.45) is -2.80. The van der Waals surface area contributed by atoms with E-state index in [1.165, 1.54) is 6.20 Å². The molecule has 0 radical (unpaired) electrons. The van der Waals surface area contributed by atoms with Crippen molar-refractivity contribution in [2.24, 2.45) is 0 Å². The number of aryl methyl sites for hydroxylation is 1. The Morgan fingerprint density at radius 3 is 2.78 bits per heavy atom. The molecule has 1 aliphatic rings. The summed E-state index contributed by atoms with van der Waals surface area (Å²) in [5.41, 5.74) is 4.04. The number of benzene rings is 1. The Morgan fingerprint density at radius 2 is 2.00 bits per heavy atom. The predicted octanol–water partition coefficient (Wildman–Crippen LogP) is 4.56. The summed E-state index contributed by atoms with van der Waals surface area (Å²) < 4.78 is 38.3. The van der Waals surface area contributed by atoms with E-state index in [4.69, 9.17) is 11.6 Å². The molecule has 0 unspecified atom stereocenters. The minimum atomic E-state index is -4.52. The van der Waals surface area contributed by atoms with Crippen molar-refractivity contribution in [3.05, 3.63) is 63.8 Å². The minimum absolute atomic E-state index is 0.443. The number of aromatic nitrogens is 3. The van der Waals surface area contributed by atoms with Crippen LogP contribution >= 0.6 is 11.6 Å². The molecule has 3 aromatic rings. The minimum Gasteiger partial charge on any atom is -0.294 e. The molecular formula is C19H16ClF3N4. The van der Waals surface area contributed by atoms with Crippen LogP contribution in [0.25, 0.3) is 10.9 Å². The highest BCUT2D eigenvalue weighted by Gasteiger charge is 2.35. The highest BCUT2D eigenvalue weighted by molar-refractivity contribution is 6.30. The van der Waals surface area contributed by atoms with Gasteiger partial charge >= 0.3 is 6.18 Å². The van der Waals surface area contributed by atoms with Crippen LogP contribution in [0.1, 0.15) is 28.2 Å². The van der Waals surface area contributed by atoms with Crippen LogP contribution in [0, 0.1) is 6.92 Å². The van der Waals surface area contributed by atoms with Gasteiger partial charge in [0.25, 0.3) is 0 Å². The maximum atomic E-state index is 12.8. The Morgan fingerprint density at radius 1 is 1.19 bits per heavy atom. The zero-order valence-corrected chi connectivity index (χ0v) is 15.3. The Kier molecular flexibility index (Phi) is 4.52. The lowest BCUT2D eigenvalue weighted by molar-refractivity contribution is -0.145. The van der Waals surface area contributed by atoms with Crippen molar-refractivity contribution in [1.82, 2.24) is 19.9 Å². The number of alkyl halides is 3. The third kappa shape index (κ3) is 3.75. The summed E-state index contributed by atoms with van der Waals surface area (Å²) in [5.74, 6) is -1.08. The van der Waals surface area contributed by atoms with Crippen molar-refractivity contribution >= 4 is 22.5 Å². The van der Waals surface area contributed by atoms with E-state index in [1.807, 2.05) is 31.2 Å². The van der Waals surface area contributed by atoms with Gasteiger partial charge in [0.1, 0.15) is 5.15 Å². The number of hydrogen-bond acceptors (Lipinski definition) is 4. The van der Waals surface area contributed by atoms with Gasteiger partial charge in [-0.25, -0.2) is 15.0 Å². The summed E-state index contributed by atoms with van der Waals surface area (Å²) in [6.45, 7) is 3.65. The van der Waals surface area contributed by atoms with Crippen molar-refractivity contribution in [2.75, 3.05) is 6.54 Å². The highest BCUT2D eigenvalue weighted by Crippen LogP contribution is 2.29. The van der Waals surface area contributed by atoms with Crippen LogP contribution in [0.4, 0.5) is 13.2 Å². The molecule has 1 aromatic carbocycles. The molecule has 0 saturated heterocycles. The first-order chi connectivity index (χ1) is 12.8. The van der Waals surface area contributed by atoms with Crippen LogP contribution in [0.15, 0.2) is 30.5 Å². The lowest BCUT2D eigenvalue weighted by Crippen LogP contribution is -2.31. The number of hydrogen-bond donors (Lipinski definition) is 0. The van der Waals surface area contributed by atoms with Crippen LogP contribution in [0.5, 0.6) is 0 Å². The van der Waals surface area contributed by atoms with E-state index in [0.29, 0.717) is 36.9 Å². The number of nitrogens with zero attached hydrogens (tertiary/aromatic N) is 4. The van der Waals surface area contributed by atoms with E-state index in [1.54, 1.807) is 0 Å². The lowest BCUT2D eigenvalue weighted by Gasteiger charge is -2.28. The molecule has 4 nitrogen and oxygen atoms in total. The van der Waals surface area contributed by atoms with Crippen LogP contribution in [0.2, 0.25) is 5.15 Å². The van der Waals surface area contributed by atoms with Gasteiger partial charge in [0.15, 0.2) is 0 Å². The molecule has 0 bridgehead atoms. The van der Waals surface area contributed by atoms with E-state index in [2.05, 4.69) is 19.9 Å². The van der Waals surface area contributed by atoms with Crippen molar-refractivity contribution in [1.29, 1.82) is 0 Å². The number of fused-ring (bicyclic) bond motifs is 2. The summed E-state index contributed by atoms with van der Waals surface area (Å²) in [5, 5.41) is 1.46. The molecular weight excluding hydrogens is 377 g/mol. The highest BCUT2D eigenvalue weighted by atomic mass is 35.5. The number of halogens is 4. The molecule has 0 saturated carbocycles. The van der Waals surface area contributed by atoms with Gasteiger partial charge in [-0.2, -0.15) is 13.2 Å². The van der Waals surface area contributed by atoms with Gasteiger partial charge in [0.2, 0.25) is 5.82 Å².